The zero-order chi connectivity index (χ0) is 18.5. The molecule has 0 bridgehead atoms. The SMILES string of the molecule is COc1cccc(N=C2CN(C)CCN2C)c1C(=O)Nc1ccccc1. The summed E-state index contributed by atoms with van der Waals surface area (Å²) in [5.41, 5.74) is 1.78. The minimum atomic E-state index is -0.236. The van der Waals surface area contributed by atoms with E-state index < -0.39 is 0 Å². The molecule has 1 saturated heterocycles. The number of amidine groups is 1. The minimum absolute atomic E-state index is 0.236. The maximum atomic E-state index is 12.9. The van der Waals surface area contributed by atoms with Gasteiger partial charge in [0, 0.05) is 25.8 Å². The van der Waals surface area contributed by atoms with Gasteiger partial charge in [-0.3, -0.25) is 9.69 Å². The highest BCUT2D eigenvalue weighted by Gasteiger charge is 2.21. The van der Waals surface area contributed by atoms with Gasteiger partial charge in [0.15, 0.2) is 0 Å². The van der Waals surface area contributed by atoms with Crippen molar-refractivity contribution in [2.24, 2.45) is 4.99 Å². The van der Waals surface area contributed by atoms with Gasteiger partial charge in [-0.05, 0) is 31.3 Å². The molecule has 0 spiro atoms. The van der Waals surface area contributed by atoms with Gasteiger partial charge in [0.1, 0.15) is 17.1 Å². The van der Waals surface area contributed by atoms with Crippen molar-refractivity contribution in [2.45, 2.75) is 0 Å². The van der Waals surface area contributed by atoms with Crippen LogP contribution in [0, 0.1) is 0 Å². The van der Waals surface area contributed by atoms with Crippen molar-refractivity contribution in [3.63, 3.8) is 0 Å². The van der Waals surface area contributed by atoms with Gasteiger partial charge >= 0.3 is 0 Å². The number of nitrogens with one attached hydrogen (secondary N) is 1. The summed E-state index contributed by atoms with van der Waals surface area (Å²) in [6, 6.07) is 14.8. The van der Waals surface area contributed by atoms with Crippen molar-refractivity contribution < 1.29 is 9.53 Å². The second-order valence-corrected chi connectivity index (χ2v) is 6.36. The maximum Gasteiger partial charge on any atom is 0.261 e. The van der Waals surface area contributed by atoms with Crippen LogP contribution >= 0.6 is 0 Å². The molecule has 1 N–H and O–H groups in total. The zero-order valence-corrected chi connectivity index (χ0v) is 15.4. The first-order valence-electron chi connectivity index (χ1n) is 8.59. The predicted octanol–water partition coefficient (Wildman–Crippen LogP) is 2.85. The number of likely N-dealkylation sites (N-methyl/N-ethyl adjacent to an activating group) is 2. The number of hydrogen-bond acceptors (Lipinski definition) is 4. The van der Waals surface area contributed by atoms with E-state index in [-0.39, 0.29) is 5.91 Å². The Hall–Kier alpha value is -2.86. The molecule has 1 amide bonds. The highest BCUT2D eigenvalue weighted by molar-refractivity contribution is 6.10. The van der Waals surface area contributed by atoms with Gasteiger partial charge in [-0.1, -0.05) is 24.3 Å². The summed E-state index contributed by atoms with van der Waals surface area (Å²) < 4.78 is 5.43. The number of nitrogens with zero attached hydrogens (tertiary/aromatic N) is 3. The Kier molecular flexibility index (Phi) is 5.53. The maximum absolute atomic E-state index is 12.9. The van der Waals surface area contributed by atoms with E-state index in [9.17, 15) is 4.79 Å². The van der Waals surface area contributed by atoms with E-state index in [1.165, 1.54) is 0 Å². The van der Waals surface area contributed by atoms with Crippen LogP contribution in [0.25, 0.3) is 0 Å². The lowest BCUT2D eigenvalue weighted by atomic mass is 10.1. The molecule has 1 heterocycles. The molecule has 0 radical (unpaired) electrons. The number of rotatable bonds is 4. The van der Waals surface area contributed by atoms with Gasteiger partial charge in [-0.15, -0.1) is 0 Å². The average Bonchev–Trinajstić information content (AvgIpc) is 2.65. The van der Waals surface area contributed by atoms with Gasteiger partial charge in [0.05, 0.1) is 19.3 Å². The highest BCUT2D eigenvalue weighted by Crippen LogP contribution is 2.30. The van der Waals surface area contributed by atoms with E-state index in [0.717, 1.165) is 31.2 Å². The summed E-state index contributed by atoms with van der Waals surface area (Å²) in [6.07, 6.45) is 0. The highest BCUT2D eigenvalue weighted by atomic mass is 16.5. The van der Waals surface area contributed by atoms with Crippen molar-refractivity contribution in [1.29, 1.82) is 0 Å². The molecule has 6 nitrogen and oxygen atoms in total. The van der Waals surface area contributed by atoms with Crippen LogP contribution in [-0.2, 0) is 0 Å². The molecule has 1 fully saturated rings. The summed E-state index contributed by atoms with van der Waals surface area (Å²) in [5.74, 6) is 1.20. The van der Waals surface area contributed by atoms with Crippen LogP contribution in [0.3, 0.4) is 0 Å². The first kappa shape index (κ1) is 17.9. The van der Waals surface area contributed by atoms with Crippen molar-refractivity contribution >= 4 is 23.1 Å². The zero-order valence-electron chi connectivity index (χ0n) is 15.4. The van der Waals surface area contributed by atoms with E-state index in [1.54, 1.807) is 13.2 Å². The van der Waals surface area contributed by atoms with E-state index in [1.807, 2.05) is 49.5 Å². The lowest BCUT2D eigenvalue weighted by molar-refractivity contribution is 0.102. The average molecular weight is 352 g/mol. The van der Waals surface area contributed by atoms with E-state index >= 15 is 0 Å². The Morgan fingerprint density at radius 3 is 2.58 bits per heavy atom. The number of anilines is 1. The molecule has 0 saturated carbocycles. The van der Waals surface area contributed by atoms with E-state index in [4.69, 9.17) is 9.73 Å². The van der Waals surface area contributed by atoms with Crippen LogP contribution in [-0.4, -0.2) is 62.4 Å². The molecule has 1 aliphatic heterocycles. The van der Waals surface area contributed by atoms with Crippen LogP contribution in [0.5, 0.6) is 5.75 Å². The van der Waals surface area contributed by atoms with Crippen LogP contribution < -0.4 is 10.1 Å². The molecule has 3 rings (SSSR count). The van der Waals surface area contributed by atoms with E-state index in [0.29, 0.717) is 17.0 Å². The van der Waals surface area contributed by atoms with E-state index in [2.05, 4.69) is 22.2 Å². The molecule has 0 aromatic heterocycles. The molecular weight excluding hydrogens is 328 g/mol. The van der Waals surface area contributed by atoms with Crippen LogP contribution in [0.4, 0.5) is 11.4 Å². The van der Waals surface area contributed by atoms with Gasteiger partial charge in [-0.2, -0.15) is 0 Å². The normalized spacial score (nSPS) is 16.6. The number of piperazine rings is 1. The molecule has 0 aliphatic carbocycles. The van der Waals surface area contributed by atoms with Gasteiger partial charge in [0.25, 0.3) is 5.91 Å². The smallest absolute Gasteiger partial charge is 0.261 e. The van der Waals surface area contributed by atoms with Crippen LogP contribution in [0.2, 0.25) is 0 Å². The monoisotopic (exact) mass is 352 g/mol. The Labute approximate surface area is 154 Å². The first-order valence-corrected chi connectivity index (χ1v) is 8.59. The number of benzene rings is 2. The standard InChI is InChI=1S/C20H24N4O2/c1-23-12-13-24(2)18(14-23)22-16-10-7-11-17(26-3)19(16)20(25)21-15-8-5-4-6-9-15/h4-11H,12-14H2,1-3H3,(H,21,25). The van der Waals surface area contributed by atoms with Crippen molar-refractivity contribution in [3.8, 4) is 5.75 Å². The molecule has 0 atom stereocenters. The summed E-state index contributed by atoms with van der Waals surface area (Å²) >= 11 is 0. The summed E-state index contributed by atoms with van der Waals surface area (Å²) in [6.45, 7) is 2.65. The molecule has 2 aromatic carbocycles. The fraction of sp³-hybridized carbons (Fsp3) is 0.300. The lowest BCUT2D eigenvalue weighted by Gasteiger charge is -2.32. The van der Waals surface area contributed by atoms with Crippen LogP contribution in [0.15, 0.2) is 53.5 Å². The van der Waals surface area contributed by atoms with Gasteiger partial charge in [-0.25, -0.2) is 4.99 Å². The fourth-order valence-electron chi connectivity index (χ4n) is 2.88. The number of ether oxygens (including phenoxy) is 1. The second-order valence-electron chi connectivity index (χ2n) is 6.36. The Morgan fingerprint density at radius 1 is 1.08 bits per heavy atom. The van der Waals surface area contributed by atoms with Crippen molar-refractivity contribution in [2.75, 3.05) is 46.2 Å². The minimum Gasteiger partial charge on any atom is -0.496 e. The third-order valence-corrected chi connectivity index (χ3v) is 4.40. The number of hydrogen-bond donors (Lipinski definition) is 1. The summed E-state index contributed by atoms with van der Waals surface area (Å²) in [7, 11) is 5.65. The lowest BCUT2D eigenvalue weighted by Crippen LogP contribution is -2.46. The molecule has 136 valence electrons. The first-order chi connectivity index (χ1) is 12.6. The number of methoxy groups -OCH3 is 1. The molecule has 1 aliphatic rings. The van der Waals surface area contributed by atoms with Gasteiger partial charge < -0.3 is 15.0 Å². The van der Waals surface area contributed by atoms with Crippen LogP contribution in [0.1, 0.15) is 10.4 Å². The predicted molar refractivity (Wildman–Crippen MR) is 105 cm³/mol. The number of carbonyl (C=O) groups is 1. The Bertz CT molecular complexity index is 805. The second kappa shape index (κ2) is 8.01. The number of carbonyl (C=O) groups excluding carboxylic acids is 1. The van der Waals surface area contributed by atoms with Gasteiger partial charge in [0.2, 0.25) is 0 Å². The quantitative estimate of drug-likeness (QED) is 0.919. The Morgan fingerprint density at radius 2 is 1.85 bits per heavy atom. The summed E-state index contributed by atoms with van der Waals surface area (Å²) in [4.78, 5) is 22.0. The Balaban J connectivity index is 1.97. The molecular formula is C20H24N4O2. The fourth-order valence-corrected chi connectivity index (χ4v) is 2.88. The molecule has 0 unspecified atom stereocenters. The molecule has 2 aromatic rings. The third kappa shape index (κ3) is 4.03. The number of aliphatic imine (C=N–C) groups is 1. The molecule has 26 heavy (non-hydrogen) atoms. The summed E-state index contributed by atoms with van der Waals surface area (Å²) in [5, 5.41) is 2.92. The number of amides is 1. The largest absolute Gasteiger partial charge is 0.496 e. The van der Waals surface area contributed by atoms with Crippen molar-refractivity contribution in [1.82, 2.24) is 9.80 Å². The molecule has 6 heteroatoms. The topological polar surface area (TPSA) is 57.2 Å². The third-order valence-electron chi connectivity index (χ3n) is 4.40. The number of para-hydroxylation sites is 1. The van der Waals surface area contributed by atoms with Crippen molar-refractivity contribution in [3.05, 3.63) is 54.1 Å².